The Balaban J connectivity index is 1.50. The number of rotatable bonds is 8. The Hall–Kier alpha value is -3.05. The third-order valence-electron chi connectivity index (χ3n) is 4.58. The van der Waals surface area contributed by atoms with Crippen molar-refractivity contribution in [2.24, 2.45) is 0 Å². The first-order valence-electron chi connectivity index (χ1n) is 9.78. The number of carbonyl (C=O) groups is 2. The molecule has 0 aliphatic rings. The van der Waals surface area contributed by atoms with Crippen molar-refractivity contribution in [2.45, 2.75) is 25.2 Å². The van der Waals surface area contributed by atoms with Crippen molar-refractivity contribution in [1.82, 2.24) is 0 Å². The number of amides is 1. The van der Waals surface area contributed by atoms with Crippen molar-refractivity contribution >= 4 is 29.3 Å². The fraction of sp³-hybridized carbons (Fsp3) is 0.200. The Morgan fingerprint density at radius 1 is 0.933 bits per heavy atom. The van der Waals surface area contributed by atoms with Crippen molar-refractivity contribution in [2.75, 3.05) is 17.7 Å². The van der Waals surface area contributed by atoms with Crippen LogP contribution in [0.4, 0.5) is 5.69 Å². The van der Waals surface area contributed by atoms with E-state index in [0.29, 0.717) is 6.42 Å². The van der Waals surface area contributed by atoms with Crippen molar-refractivity contribution in [3.63, 3.8) is 0 Å². The smallest absolute Gasteiger partial charge is 0.316 e. The van der Waals surface area contributed by atoms with Crippen LogP contribution in [0.1, 0.15) is 22.3 Å². The fourth-order valence-corrected chi connectivity index (χ4v) is 3.91. The topological polar surface area (TPSA) is 55.4 Å². The molecule has 1 amide bonds. The van der Waals surface area contributed by atoms with E-state index < -0.39 is 5.97 Å². The molecule has 0 saturated heterocycles. The molecule has 1 N–H and O–H groups in total. The van der Waals surface area contributed by atoms with Gasteiger partial charge in [-0.15, -0.1) is 11.8 Å². The Bertz CT molecular complexity index is 1020. The van der Waals surface area contributed by atoms with Gasteiger partial charge in [-0.25, -0.2) is 0 Å². The summed E-state index contributed by atoms with van der Waals surface area (Å²) < 4.78 is 5.15. The molecular weight excluding hydrogens is 394 g/mol. The summed E-state index contributed by atoms with van der Waals surface area (Å²) >= 11 is 1.42. The number of ether oxygens (including phenoxy) is 1. The molecule has 0 aliphatic carbocycles. The molecule has 3 rings (SSSR count). The van der Waals surface area contributed by atoms with Gasteiger partial charge < -0.3 is 10.1 Å². The molecular formula is C25H25NO3S. The second kappa shape index (κ2) is 10.6. The van der Waals surface area contributed by atoms with Gasteiger partial charge in [0.1, 0.15) is 0 Å². The van der Waals surface area contributed by atoms with Gasteiger partial charge in [0.15, 0.2) is 6.61 Å². The number of esters is 1. The maximum Gasteiger partial charge on any atom is 0.316 e. The summed E-state index contributed by atoms with van der Waals surface area (Å²) in [6.07, 6.45) is 0.712. The molecule has 0 unspecified atom stereocenters. The van der Waals surface area contributed by atoms with Gasteiger partial charge in [0.25, 0.3) is 5.91 Å². The van der Waals surface area contributed by atoms with E-state index in [2.05, 4.69) is 5.32 Å². The number of nitrogens with one attached hydrogen (secondary N) is 1. The number of hydrogen-bond acceptors (Lipinski definition) is 4. The van der Waals surface area contributed by atoms with E-state index in [1.165, 1.54) is 11.8 Å². The summed E-state index contributed by atoms with van der Waals surface area (Å²) in [4.78, 5) is 25.4. The molecule has 3 aromatic rings. The van der Waals surface area contributed by atoms with Crippen LogP contribution in [0.25, 0.3) is 0 Å². The summed E-state index contributed by atoms with van der Waals surface area (Å²) in [7, 11) is 0. The molecule has 154 valence electrons. The number of thioether (sulfide) groups is 1. The van der Waals surface area contributed by atoms with Crippen LogP contribution >= 0.6 is 11.8 Å². The molecule has 0 fully saturated rings. The number of benzene rings is 3. The van der Waals surface area contributed by atoms with Gasteiger partial charge in [-0.05, 0) is 49.1 Å². The van der Waals surface area contributed by atoms with Gasteiger partial charge in [0, 0.05) is 10.6 Å². The minimum Gasteiger partial charge on any atom is -0.455 e. The van der Waals surface area contributed by atoms with Gasteiger partial charge in [-0.2, -0.15) is 0 Å². The van der Waals surface area contributed by atoms with E-state index in [4.69, 9.17) is 4.74 Å². The van der Waals surface area contributed by atoms with Crippen LogP contribution in [-0.2, 0) is 20.7 Å². The molecule has 0 bridgehead atoms. The van der Waals surface area contributed by atoms with Gasteiger partial charge in [-0.3, -0.25) is 9.59 Å². The second-order valence-electron chi connectivity index (χ2n) is 7.09. The molecule has 3 aromatic carbocycles. The van der Waals surface area contributed by atoms with Crippen LogP contribution in [0.2, 0.25) is 0 Å². The van der Waals surface area contributed by atoms with E-state index in [-0.39, 0.29) is 18.3 Å². The molecule has 4 nitrogen and oxygen atoms in total. The summed E-state index contributed by atoms with van der Waals surface area (Å²) in [5.41, 5.74) is 5.16. The zero-order valence-electron chi connectivity index (χ0n) is 17.2. The average molecular weight is 420 g/mol. The molecule has 0 saturated carbocycles. The molecule has 5 heteroatoms. The largest absolute Gasteiger partial charge is 0.455 e. The van der Waals surface area contributed by atoms with Crippen molar-refractivity contribution in [1.29, 1.82) is 0 Å². The Kier molecular flexibility index (Phi) is 7.69. The van der Waals surface area contributed by atoms with E-state index in [0.717, 1.165) is 32.8 Å². The monoisotopic (exact) mass is 419 g/mol. The highest BCUT2D eigenvalue weighted by atomic mass is 32.2. The quantitative estimate of drug-likeness (QED) is 0.404. The lowest BCUT2D eigenvalue weighted by atomic mass is 10.0. The SMILES string of the molecule is Cc1ccc(C)c(SCC(=O)OCC(=O)Nc2ccccc2Cc2ccccc2)c1. The van der Waals surface area contributed by atoms with E-state index in [1.54, 1.807) is 0 Å². The first-order chi connectivity index (χ1) is 14.5. The van der Waals surface area contributed by atoms with Crippen LogP contribution in [0.5, 0.6) is 0 Å². The van der Waals surface area contributed by atoms with E-state index >= 15 is 0 Å². The van der Waals surface area contributed by atoms with Gasteiger partial charge in [0.05, 0.1) is 5.75 Å². The zero-order valence-corrected chi connectivity index (χ0v) is 18.0. The molecule has 0 atom stereocenters. The minimum absolute atomic E-state index is 0.169. The highest BCUT2D eigenvalue weighted by Gasteiger charge is 2.11. The maximum absolute atomic E-state index is 12.3. The third kappa shape index (κ3) is 6.49. The molecule has 0 aliphatic heterocycles. The fourth-order valence-electron chi connectivity index (χ4n) is 2.99. The Morgan fingerprint density at radius 2 is 1.67 bits per heavy atom. The third-order valence-corrected chi connectivity index (χ3v) is 5.71. The highest BCUT2D eigenvalue weighted by molar-refractivity contribution is 8.00. The first kappa shape index (κ1) is 21.7. The standard InChI is InChI=1S/C25H25NO3S/c1-18-12-13-19(2)23(14-18)30-17-25(28)29-16-24(27)26-22-11-7-6-10-21(22)15-20-8-4-3-5-9-20/h3-14H,15-17H2,1-2H3,(H,26,27). The highest BCUT2D eigenvalue weighted by Crippen LogP contribution is 2.23. The second-order valence-corrected chi connectivity index (χ2v) is 8.10. The maximum atomic E-state index is 12.3. The van der Waals surface area contributed by atoms with Crippen LogP contribution in [0.3, 0.4) is 0 Å². The predicted octanol–water partition coefficient (Wildman–Crippen LogP) is 5.17. The Labute approximate surface area is 181 Å². The lowest BCUT2D eigenvalue weighted by Crippen LogP contribution is -2.22. The molecule has 0 aromatic heterocycles. The van der Waals surface area contributed by atoms with Gasteiger partial charge in [-0.1, -0.05) is 66.2 Å². The predicted molar refractivity (Wildman–Crippen MR) is 122 cm³/mol. The van der Waals surface area contributed by atoms with Crippen LogP contribution < -0.4 is 5.32 Å². The molecule has 0 radical (unpaired) electrons. The van der Waals surface area contributed by atoms with Gasteiger partial charge in [0.2, 0.25) is 0 Å². The number of hydrogen-bond donors (Lipinski definition) is 1. The lowest BCUT2D eigenvalue weighted by Gasteiger charge is -2.12. The van der Waals surface area contributed by atoms with Crippen LogP contribution in [0, 0.1) is 13.8 Å². The normalized spacial score (nSPS) is 10.5. The first-order valence-corrected chi connectivity index (χ1v) is 10.8. The Morgan fingerprint density at radius 3 is 2.47 bits per heavy atom. The van der Waals surface area contributed by atoms with E-state index in [1.807, 2.05) is 86.6 Å². The molecule has 0 heterocycles. The summed E-state index contributed by atoms with van der Waals surface area (Å²) in [5, 5.41) is 2.85. The zero-order chi connectivity index (χ0) is 21.3. The minimum atomic E-state index is -0.409. The number of carbonyl (C=O) groups excluding carboxylic acids is 2. The van der Waals surface area contributed by atoms with Crippen molar-refractivity contribution < 1.29 is 14.3 Å². The molecule has 0 spiro atoms. The summed E-state index contributed by atoms with van der Waals surface area (Å²) in [6, 6.07) is 23.8. The number of anilines is 1. The van der Waals surface area contributed by atoms with E-state index in [9.17, 15) is 9.59 Å². The number of para-hydroxylation sites is 1. The van der Waals surface area contributed by atoms with Crippen LogP contribution in [-0.4, -0.2) is 24.2 Å². The molecule has 30 heavy (non-hydrogen) atoms. The average Bonchev–Trinajstić information content (AvgIpc) is 2.75. The van der Waals surface area contributed by atoms with Crippen molar-refractivity contribution in [3.8, 4) is 0 Å². The summed E-state index contributed by atoms with van der Waals surface area (Å²) in [5.74, 6) is -0.587. The number of aryl methyl sites for hydroxylation is 2. The van der Waals surface area contributed by atoms with Crippen molar-refractivity contribution in [3.05, 3.63) is 95.1 Å². The summed E-state index contributed by atoms with van der Waals surface area (Å²) in [6.45, 7) is 3.72. The lowest BCUT2D eigenvalue weighted by molar-refractivity contribution is -0.144. The van der Waals surface area contributed by atoms with Gasteiger partial charge >= 0.3 is 5.97 Å². The van der Waals surface area contributed by atoms with Crippen LogP contribution in [0.15, 0.2) is 77.7 Å².